The summed E-state index contributed by atoms with van der Waals surface area (Å²) in [6.45, 7) is 2.49. The number of para-hydroxylation sites is 1. The van der Waals surface area contributed by atoms with Gasteiger partial charge >= 0.3 is 0 Å². The van der Waals surface area contributed by atoms with Crippen LogP contribution in [0.2, 0.25) is 0 Å². The van der Waals surface area contributed by atoms with E-state index >= 15 is 0 Å². The molecule has 0 saturated carbocycles. The first-order valence-corrected chi connectivity index (χ1v) is 9.66. The lowest BCUT2D eigenvalue weighted by Crippen LogP contribution is -2.11. The second-order valence-electron chi connectivity index (χ2n) is 5.16. The zero-order valence-corrected chi connectivity index (χ0v) is 15.3. The molecule has 3 aromatic rings. The number of rotatable bonds is 7. The van der Waals surface area contributed by atoms with Crippen molar-refractivity contribution in [2.24, 2.45) is 0 Å². The quantitative estimate of drug-likeness (QED) is 0.593. The van der Waals surface area contributed by atoms with E-state index in [1.54, 1.807) is 12.1 Å². The molecular formula is C18H17FN2O2S2. The molecule has 2 aromatic carbocycles. The number of benzene rings is 2. The molecule has 0 atom stereocenters. The lowest BCUT2D eigenvalue weighted by molar-refractivity contribution is -0.115. The number of nitrogens with one attached hydrogen (secondary N) is 1. The van der Waals surface area contributed by atoms with E-state index in [-0.39, 0.29) is 11.7 Å². The first-order chi connectivity index (χ1) is 12.2. The van der Waals surface area contributed by atoms with Crippen LogP contribution in [0.3, 0.4) is 0 Å². The van der Waals surface area contributed by atoms with Crippen molar-refractivity contribution >= 4 is 44.4 Å². The number of carbonyl (C=O) groups excluding carboxylic acids is 1. The van der Waals surface area contributed by atoms with Crippen LogP contribution in [0.1, 0.15) is 13.3 Å². The largest absolute Gasteiger partial charge is 0.492 e. The van der Waals surface area contributed by atoms with Crippen molar-refractivity contribution in [1.29, 1.82) is 0 Å². The number of fused-ring (bicyclic) bond motifs is 1. The van der Waals surface area contributed by atoms with E-state index in [0.29, 0.717) is 23.9 Å². The van der Waals surface area contributed by atoms with Crippen molar-refractivity contribution in [2.45, 2.75) is 18.2 Å². The van der Waals surface area contributed by atoms with Gasteiger partial charge in [0.2, 0.25) is 5.91 Å². The second kappa shape index (κ2) is 8.31. The normalized spacial score (nSPS) is 10.8. The van der Waals surface area contributed by atoms with Crippen molar-refractivity contribution in [3.63, 3.8) is 0 Å². The predicted molar refractivity (Wildman–Crippen MR) is 101 cm³/mol. The van der Waals surface area contributed by atoms with Crippen LogP contribution in [0, 0.1) is 5.82 Å². The Morgan fingerprint density at radius 3 is 2.84 bits per heavy atom. The molecule has 0 radical (unpaired) electrons. The Kier molecular flexibility index (Phi) is 5.88. The second-order valence-corrected chi connectivity index (χ2v) is 7.35. The smallest absolute Gasteiger partial charge is 0.226 e. The standard InChI is InChI=1S/C18H17FN2O2S2/c1-2-23-14-4-3-5-15-17(14)21-18(25-15)20-16(22)10-11-24-13-8-6-12(19)7-9-13/h3-9H,2,10-11H2,1H3,(H,20,21,22). The highest BCUT2D eigenvalue weighted by Gasteiger charge is 2.11. The molecule has 0 aliphatic heterocycles. The van der Waals surface area contributed by atoms with Crippen molar-refractivity contribution in [3.8, 4) is 5.75 Å². The summed E-state index contributed by atoms with van der Waals surface area (Å²) < 4.78 is 19.4. The number of carbonyl (C=O) groups is 1. The van der Waals surface area contributed by atoms with Crippen molar-refractivity contribution < 1.29 is 13.9 Å². The number of aromatic nitrogens is 1. The third-order valence-electron chi connectivity index (χ3n) is 3.34. The molecule has 130 valence electrons. The minimum atomic E-state index is -0.260. The number of amides is 1. The molecule has 25 heavy (non-hydrogen) atoms. The molecule has 1 heterocycles. The molecule has 1 N–H and O–H groups in total. The van der Waals surface area contributed by atoms with Crippen LogP contribution >= 0.6 is 23.1 Å². The van der Waals surface area contributed by atoms with Gasteiger partial charge in [0.25, 0.3) is 0 Å². The molecule has 3 rings (SSSR count). The molecule has 0 unspecified atom stereocenters. The maximum atomic E-state index is 12.9. The van der Waals surface area contributed by atoms with Crippen molar-refractivity contribution in [3.05, 3.63) is 48.3 Å². The number of thioether (sulfide) groups is 1. The van der Waals surface area contributed by atoms with E-state index in [2.05, 4.69) is 10.3 Å². The summed E-state index contributed by atoms with van der Waals surface area (Å²) in [4.78, 5) is 17.5. The minimum absolute atomic E-state index is 0.0911. The van der Waals surface area contributed by atoms with Crippen LogP contribution in [0.25, 0.3) is 10.2 Å². The molecular weight excluding hydrogens is 359 g/mol. The number of thiazole rings is 1. The van der Waals surface area contributed by atoms with Gasteiger partial charge in [-0.1, -0.05) is 17.4 Å². The molecule has 0 aliphatic carbocycles. The number of nitrogens with zero attached hydrogens (tertiary/aromatic N) is 1. The zero-order valence-electron chi connectivity index (χ0n) is 13.6. The van der Waals surface area contributed by atoms with Crippen LogP contribution in [0.4, 0.5) is 9.52 Å². The third kappa shape index (κ3) is 4.70. The van der Waals surface area contributed by atoms with E-state index in [4.69, 9.17) is 4.74 Å². The van der Waals surface area contributed by atoms with Gasteiger partial charge in [-0.15, -0.1) is 11.8 Å². The molecule has 0 spiro atoms. The number of hydrogen-bond acceptors (Lipinski definition) is 5. The summed E-state index contributed by atoms with van der Waals surface area (Å²) in [5.41, 5.74) is 0.769. The summed E-state index contributed by atoms with van der Waals surface area (Å²) in [6, 6.07) is 12.0. The highest BCUT2D eigenvalue weighted by Crippen LogP contribution is 2.32. The van der Waals surface area contributed by atoms with Crippen LogP contribution in [-0.2, 0) is 4.79 Å². The van der Waals surface area contributed by atoms with Crippen LogP contribution in [0.5, 0.6) is 5.75 Å². The van der Waals surface area contributed by atoms with Gasteiger partial charge in [-0.05, 0) is 43.3 Å². The summed E-state index contributed by atoms with van der Waals surface area (Å²) in [7, 11) is 0. The topological polar surface area (TPSA) is 51.2 Å². The summed E-state index contributed by atoms with van der Waals surface area (Å²) in [5, 5.41) is 3.40. The molecule has 7 heteroatoms. The maximum absolute atomic E-state index is 12.9. The Labute approximate surface area is 153 Å². The van der Waals surface area contributed by atoms with Gasteiger partial charge in [0.15, 0.2) is 5.13 Å². The number of halogens is 1. The summed E-state index contributed by atoms with van der Waals surface area (Å²) >= 11 is 2.94. The van der Waals surface area contributed by atoms with Crippen molar-refractivity contribution in [2.75, 3.05) is 17.7 Å². The fraction of sp³-hybridized carbons (Fsp3) is 0.222. The highest BCUT2D eigenvalue weighted by molar-refractivity contribution is 7.99. The fourth-order valence-electron chi connectivity index (χ4n) is 2.22. The van der Waals surface area contributed by atoms with Gasteiger partial charge in [-0.3, -0.25) is 4.79 Å². The first kappa shape index (κ1) is 17.7. The molecule has 4 nitrogen and oxygen atoms in total. The Balaban J connectivity index is 1.56. The van der Waals surface area contributed by atoms with E-state index in [0.717, 1.165) is 20.9 Å². The van der Waals surface area contributed by atoms with Gasteiger partial charge in [-0.25, -0.2) is 9.37 Å². The lowest BCUT2D eigenvalue weighted by Gasteiger charge is -2.03. The summed E-state index contributed by atoms with van der Waals surface area (Å²) in [5.74, 6) is 0.992. The number of anilines is 1. The Morgan fingerprint density at radius 2 is 2.08 bits per heavy atom. The maximum Gasteiger partial charge on any atom is 0.226 e. The summed E-state index contributed by atoms with van der Waals surface area (Å²) in [6.07, 6.45) is 0.357. The van der Waals surface area contributed by atoms with E-state index in [1.807, 2.05) is 25.1 Å². The SMILES string of the molecule is CCOc1cccc2sc(NC(=O)CCSc3ccc(F)cc3)nc12. The molecule has 1 amide bonds. The Hall–Kier alpha value is -2.12. The molecule has 0 fully saturated rings. The van der Waals surface area contributed by atoms with E-state index in [1.165, 1.54) is 35.2 Å². The molecule has 0 aliphatic rings. The Morgan fingerprint density at radius 1 is 1.28 bits per heavy atom. The molecule has 0 saturated heterocycles. The van der Waals surface area contributed by atoms with Gasteiger partial charge in [-0.2, -0.15) is 0 Å². The number of hydrogen-bond donors (Lipinski definition) is 1. The van der Waals surface area contributed by atoms with Gasteiger partial charge in [0.1, 0.15) is 17.1 Å². The van der Waals surface area contributed by atoms with Crippen LogP contribution < -0.4 is 10.1 Å². The van der Waals surface area contributed by atoms with Gasteiger partial charge < -0.3 is 10.1 Å². The van der Waals surface area contributed by atoms with Crippen LogP contribution in [0.15, 0.2) is 47.4 Å². The predicted octanol–water partition coefficient (Wildman–Crippen LogP) is 4.96. The molecule has 1 aromatic heterocycles. The average molecular weight is 376 g/mol. The molecule has 0 bridgehead atoms. The van der Waals surface area contributed by atoms with Gasteiger partial charge in [0.05, 0.1) is 11.3 Å². The monoisotopic (exact) mass is 376 g/mol. The van der Waals surface area contributed by atoms with E-state index in [9.17, 15) is 9.18 Å². The van der Waals surface area contributed by atoms with Gasteiger partial charge in [0, 0.05) is 17.1 Å². The fourth-order valence-corrected chi connectivity index (χ4v) is 3.97. The average Bonchev–Trinajstić information content (AvgIpc) is 3.00. The van der Waals surface area contributed by atoms with Crippen molar-refractivity contribution in [1.82, 2.24) is 4.98 Å². The highest BCUT2D eigenvalue weighted by atomic mass is 32.2. The minimum Gasteiger partial charge on any atom is -0.492 e. The zero-order chi connectivity index (χ0) is 17.6. The van der Waals surface area contributed by atoms with Crippen LogP contribution in [-0.4, -0.2) is 23.3 Å². The first-order valence-electron chi connectivity index (χ1n) is 7.86. The number of ether oxygens (including phenoxy) is 1. The lowest BCUT2D eigenvalue weighted by atomic mass is 10.3. The third-order valence-corrected chi connectivity index (χ3v) is 5.29. The van der Waals surface area contributed by atoms with E-state index < -0.39 is 0 Å². The Bertz CT molecular complexity index is 865.